The van der Waals surface area contributed by atoms with Crippen LogP contribution in [-0.2, 0) is 19.4 Å². The molecule has 0 aliphatic carbocycles. The van der Waals surface area contributed by atoms with E-state index in [9.17, 15) is 18.0 Å². The molecule has 0 saturated carbocycles. The molecule has 4 aliphatic heterocycles. The van der Waals surface area contributed by atoms with Gasteiger partial charge in [0.1, 0.15) is 21.3 Å². The zero-order chi connectivity index (χ0) is 32.7. The number of carbonyl (C=O) groups excluding carboxylic acids is 2. The number of carbonyl (C=O) groups is 2. The summed E-state index contributed by atoms with van der Waals surface area (Å²) in [4.78, 5) is 41.8. The van der Waals surface area contributed by atoms with Gasteiger partial charge in [0, 0.05) is 63.0 Å². The number of amides is 2. The van der Waals surface area contributed by atoms with Gasteiger partial charge in [-0.3, -0.25) is 9.69 Å². The third kappa shape index (κ3) is 9.68. The second-order valence-electron chi connectivity index (χ2n) is 14.5. The first kappa shape index (κ1) is 34.7. The van der Waals surface area contributed by atoms with Crippen molar-refractivity contribution in [3.05, 3.63) is 12.3 Å². The number of anilines is 2. The molecule has 13 heteroatoms. The Morgan fingerprint density at radius 1 is 0.935 bits per heavy atom. The average Bonchev–Trinajstić information content (AvgIpc) is 3.31. The van der Waals surface area contributed by atoms with E-state index < -0.39 is 15.4 Å². The summed E-state index contributed by atoms with van der Waals surface area (Å²) in [6.45, 7) is 10.1. The lowest BCUT2D eigenvalue weighted by molar-refractivity contribution is -0.126. The molecule has 1 aromatic rings. The number of piperidine rings is 2. The minimum Gasteiger partial charge on any atom is -0.444 e. The highest BCUT2D eigenvalue weighted by Crippen LogP contribution is 2.30. The molecular weight excluding hydrogens is 606 g/mol. The van der Waals surface area contributed by atoms with Crippen molar-refractivity contribution in [3.63, 3.8) is 0 Å². The summed E-state index contributed by atoms with van der Waals surface area (Å²) >= 11 is 0. The van der Waals surface area contributed by atoms with Gasteiger partial charge in [0.05, 0.1) is 11.5 Å². The van der Waals surface area contributed by atoms with Crippen LogP contribution in [0.1, 0.15) is 91.4 Å². The van der Waals surface area contributed by atoms with Crippen molar-refractivity contribution in [1.29, 1.82) is 0 Å². The first-order valence-electron chi connectivity index (χ1n) is 17.5. The van der Waals surface area contributed by atoms with Crippen LogP contribution in [0, 0.1) is 5.92 Å². The molecule has 2 atom stereocenters. The fourth-order valence-electron chi connectivity index (χ4n) is 7.48. The molecule has 0 radical (unpaired) electrons. The quantitative estimate of drug-likeness (QED) is 0.423. The molecule has 12 nitrogen and oxygen atoms in total. The predicted octanol–water partition coefficient (Wildman–Crippen LogP) is 3.83. The molecule has 46 heavy (non-hydrogen) atoms. The smallest absolute Gasteiger partial charge is 0.410 e. The molecule has 2 N–H and O–H groups in total. The SMILES string of the molecule is CC(C)(C)OC(=O)N1CCC(C(=O)NCCC2C(Nc3nccc(N4CCCCCC4)n3)CCCN2C2CCS(=O)(=O)CC2)CC1. The number of ether oxygens (including phenoxy) is 1. The maximum Gasteiger partial charge on any atom is 0.410 e. The van der Waals surface area contributed by atoms with Gasteiger partial charge in [0.15, 0.2) is 0 Å². The molecule has 1 aromatic heterocycles. The number of nitrogens with zero attached hydrogens (tertiary/aromatic N) is 5. The molecule has 258 valence electrons. The first-order valence-corrected chi connectivity index (χ1v) is 19.4. The van der Waals surface area contributed by atoms with Gasteiger partial charge >= 0.3 is 6.09 Å². The van der Waals surface area contributed by atoms with E-state index in [-0.39, 0.29) is 47.5 Å². The van der Waals surface area contributed by atoms with Crippen molar-refractivity contribution in [2.45, 2.75) is 115 Å². The second-order valence-corrected chi connectivity index (χ2v) is 16.8. The Kier molecular flexibility index (Phi) is 11.7. The summed E-state index contributed by atoms with van der Waals surface area (Å²) in [5.74, 6) is 1.97. The largest absolute Gasteiger partial charge is 0.444 e. The van der Waals surface area contributed by atoms with Crippen LogP contribution in [0.4, 0.5) is 16.6 Å². The number of hydrogen-bond acceptors (Lipinski definition) is 10. The summed E-state index contributed by atoms with van der Waals surface area (Å²) in [6, 6.07) is 2.40. The van der Waals surface area contributed by atoms with Gasteiger partial charge in [-0.05, 0) is 91.2 Å². The van der Waals surface area contributed by atoms with E-state index in [0.717, 1.165) is 44.7 Å². The average molecular weight is 662 g/mol. The lowest BCUT2D eigenvalue weighted by atomic mass is 9.90. The molecule has 5 heterocycles. The topological polar surface area (TPSA) is 137 Å². The minimum atomic E-state index is -2.97. The highest BCUT2D eigenvalue weighted by molar-refractivity contribution is 7.91. The summed E-state index contributed by atoms with van der Waals surface area (Å²) in [5.41, 5.74) is -0.543. The van der Waals surface area contributed by atoms with E-state index in [1.54, 1.807) is 4.90 Å². The lowest BCUT2D eigenvalue weighted by Crippen LogP contribution is -2.57. The van der Waals surface area contributed by atoms with Crippen molar-refractivity contribution in [1.82, 2.24) is 25.1 Å². The first-order chi connectivity index (χ1) is 22.0. The minimum absolute atomic E-state index is 0.0351. The second kappa shape index (κ2) is 15.5. The predicted molar refractivity (Wildman–Crippen MR) is 180 cm³/mol. The van der Waals surface area contributed by atoms with Gasteiger partial charge in [-0.15, -0.1) is 0 Å². The standard InChI is InChI=1S/C33H55N7O5S/c1-33(2,3)45-32(42)39-21-12-25(13-22-39)30(41)34-16-10-28-27(9-8-20-40(28)26-14-23-46(43,44)24-15-26)36-31-35-17-11-29(37-31)38-18-6-4-5-7-19-38/h11,17,25-28H,4-10,12-16,18-24H2,1-3H3,(H,34,41)(H,35,36,37). The van der Waals surface area contributed by atoms with Crippen LogP contribution in [0.15, 0.2) is 12.3 Å². The van der Waals surface area contributed by atoms with Crippen LogP contribution in [0.2, 0.25) is 0 Å². The molecule has 2 amide bonds. The Labute approximate surface area is 275 Å². The fraction of sp³-hybridized carbons (Fsp3) is 0.818. The number of likely N-dealkylation sites (tertiary alicyclic amines) is 2. The van der Waals surface area contributed by atoms with E-state index in [4.69, 9.17) is 9.72 Å². The third-order valence-corrected chi connectivity index (χ3v) is 11.7. The Morgan fingerprint density at radius 3 is 2.30 bits per heavy atom. The Hall–Kier alpha value is -2.67. The van der Waals surface area contributed by atoms with E-state index in [0.29, 0.717) is 51.3 Å². The Morgan fingerprint density at radius 2 is 1.63 bits per heavy atom. The fourth-order valence-corrected chi connectivity index (χ4v) is 8.95. The van der Waals surface area contributed by atoms with Crippen molar-refractivity contribution in [3.8, 4) is 0 Å². The van der Waals surface area contributed by atoms with Crippen molar-refractivity contribution in [2.75, 3.05) is 61.0 Å². The van der Waals surface area contributed by atoms with Gasteiger partial charge in [-0.25, -0.2) is 18.2 Å². The number of sulfone groups is 1. The van der Waals surface area contributed by atoms with E-state index in [2.05, 4.69) is 25.4 Å². The van der Waals surface area contributed by atoms with Crippen LogP contribution in [0.5, 0.6) is 0 Å². The molecule has 0 bridgehead atoms. The van der Waals surface area contributed by atoms with E-state index in [1.165, 1.54) is 25.7 Å². The molecule has 5 rings (SSSR count). The zero-order valence-electron chi connectivity index (χ0n) is 28.1. The molecule has 4 aliphatic rings. The molecular formula is C33H55N7O5S. The summed E-state index contributed by atoms with van der Waals surface area (Å²) < 4.78 is 30.0. The number of aromatic nitrogens is 2. The van der Waals surface area contributed by atoms with Crippen LogP contribution in [0.25, 0.3) is 0 Å². The zero-order valence-corrected chi connectivity index (χ0v) is 28.9. The number of nitrogens with one attached hydrogen (secondary N) is 2. The van der Waals surface area contributed by atoms with Crippen LogP contribution in [0.3, 0.4) is 0 Å². The number of hydrogen-bond donors (Lipinski definition) is 2. The Bertz CT molecular complexity index is 1260. The molecule has 2 unspecified atom stereocenters. The van der Waals surface area contributed by atoms with Gasteiger partial charge in [0.2, 0.25) is 11.9 Å². The highest BCUT2D eigenvalue weighted by atomic mass is 32.2. The molecule has 4 saturated heterocycles. The summed E-state index contributed by atoms with van der Waals surface area (Å²) in [6.07, 6.45) is 11.6. The lowest BCUT2D eigenvalue weighted by Gasteiger charge is -2.46. The van der Waals surface area contributed by atoms with Crippen LogP contribution < -0.4 is 15.5 Å². The van der Waals surface area contributed by atoms with Gasteiger partial charge < -0.3 is 25.2 Å². The third-order valence-electron chi connectivity index (χ3n) is 9.96. The van der Waals surface area contributed by atoms with Crippen molar-refractivity contribution >= 4 is 33.6 Å². The maximum atomic E-state index is 13.2. The molecule has 0 spiro atoms. The van der Waals surface area contributed by atoms with Gasteiger partial charge in [-0.2, -0.15) is 4.98 Å². The Balaban J connectivity index is 1.21. The van der Waals surface area contributed by atoms with Crippen LogP contribution in [-0.4, -0.2) is 115 Å². The monoisotopic (exact) mass is 661 g/mol. The molecule has 4 fully saturated rings. The van der Waals surface area contributed by atoms with Crippen molar-refractivity contribution < 1.29 is 22.7 Å². The van der Waals surface area contributed by atoms with E-state index in [1.807, 2.05) is 33.0 Å². The van der Waals surface area contributed by atoms with Gasteiger partial charge in [0.25, 0.3) is 0 Å². The number of rotatable bonds is 8. The maximum absolute atomic E-state index is 13.2. The van der Waals surface area contributed by atoms with Crippen LogP contribution >= 0.6 is 0 Å². The summed E-state index contributed by atoms with van der Waals surface area (Å²) in [7, 11) is -2.97. The van der Waals surface area contributed by atoms with Crippen molar-refractivity contribution in [2.24, 2.45) is 5.92 Å². The summed E-state index contributed by atoms with van der Waals surface area (Å²) in [5, 5.41) is 6.87. The highest BCUT2D eigenvalue weighted by Gasteiger charge is 2.38. The normalized spacial score (nSPS) is 25.5. The van der Waals surface area contributed by atoms with E-state index >= 15 is 0 Å². The van der Waals surface area contributed by atoms with Gasteiger partial charge in [-0.1, -0.05) is 12.8 Å². The molecule has 0 aromatic carbocycles.